The number of ether oxygens (including phenoxy) is 3. The van der Waals surface area contributed by atoms with Crippen LogP contribution in [0, 0.1) is 0 Å². The molecule has 0 saturated heterocycles. The first-order chi connectivity index (χ1) is 9.05. The van der Waals surface area contributed by atoms with Crippen molar-refractivity contribution in [3.63, 3.8) is 0 Å². The number of esters is 1. The highest BCUT2D eigenvalue weighted by Gasteiger charge is 2.38. The number of nitrogens with two attached hydrogens (primary N) is 1. The minimum Gasteiger partial charge on any atom is -0.493 e. The molecule has 1 aliphatic carbocycles. The maximum Gasteiger partial charge on any atom is 0.337 e. The van der Waals surface area contributed by atoms with Crippen LogP contribution in [-0.4, -0.2) is 27.3 Å². The molecule has 1 saturated carbocycles. The summed E-state index contributed by atoms with van der Waals surface area (Å²) < 4.78 is 15.4. The molecule has 0 spiro atoms. The van der Waals surface area contributed by atoms with Crippen molar-refractivity contribution >= 4 is 5.97 Å². The Morgan fingerprint density at radius 3 is 2.32 bits per heavy atom. The topological polar surface area (TPSA) is 70.8 Å². The van der Waals surface area contributed by atoms with Gasteiger partial charge in [-0.25, -0.2) is 4.79 Å². The Morgan fingerprint density at radius 2 is 1.89 bits per heavy atom. The molecule has 1 aromatic carbocycles. The van der Waals surface area contributed by atoms with E-state index < -0.39 is 11.5 Å². The van der Waals surface area contributed by atoms with E-state index in [1.165, 1.54) is 14.2 Å². The summed E-state index contributed by atoms with van der Waals surface area (Å²) in [4.78, 5) is 11.7. The van der Waals surface area contributed by atoms with Gasteiger partial charge in [-0.15, -0.1) is 0 Å². The molecule has 2 N–H and O–H groups in total. The lowest BCUT2D eigenvalue weighted by Gasteiger charge is -2.39. The molecular weight excluding hydrogens is 246 g/mol. The fraction of sp³-hybridized carbons (Fsp3) is 0.500. The van der Waals surface area contributed by atoms with Gasteiger partial charge in [0.15, 0.2) is 11.5 Å². The van der Waals surface area contributed by atoms with Gasteiger partial charge in [0.05, 0.1) is 26.9 Å². The van der Waals surface area contributed by atoms with Crippen molar-refractivity contribution in [2.24, 2.45) is 5.73 Å². The van der Waals surface area contributed by atoms with Gasteiger partial charge in [0.1, 0.15) is 0 Å². The van der Waals surface area contributed by atoms with Gasteiger partial charge >= 0.3 is 5.97 Å². The lowest BCUT2D eigenvalue weighted by atomic mass is 9.72. The Morgan fingerprint density at radius 1 is 1.21 bits per heavy atom. The van der Waals surface area contributed by atoms with Crippen LogP contribution in [0.2, 0.25) is 0 Å². The third-order valence-corrected chi connectivity index (χ3v) is 3.68. The molecule has 19 heavy (non-hydrogen) atoms. The van der Waals surface area contributed by atoms with Crippen molar-refractivity contribution in [1.29, 1.82) is 0 Å². The molecule has 0 amide bonds. The molecule has 0 unspecified atom stereocenters. The molecule has 0 atom stereocenters. The lowest BCUT2D eigenvalue weighted by Crippen LogP contribution is -2.43. The van der Waals surface area contributed by atoms with Crippen LogP contribution < -0.4 is 15.2 Å². The summed E-state index contributed by atoms with van der Waals surface area (Å²) in [7, 11) is 4.45. The van der Waals surface area contributed by atoms with E-state index in [0.29, 0.717) is 17.1 Å². The van der Waals surface area contributed by atoms with Gasteiger partial charge in [0.25, 0.3) is 0 Å². The first kappa shape index (κ1) is 13.7. The molecule has 1 aliphatic rings. The Hall–Kier alpha value is -1.75. The third-order valence-electron chi connectivity index (χ3n) is 3.68. The second kappa shape index (κ2) is 5.09. The molecule has 1 aromatic rings. The number of methoxy groups -OCH3 is 3. The molecule has 5 nitrogen and oxygen atoms in total. The van der Waals surface area contributed by atoms with Gasteiger partial charge in [0, 0.05) is 11.1 Å². The number of rotatable bonds is 4. The van der Waals surface area contributed by atoms with Crippen LogP contribution in [0.1, 0.15) is 35.2 Å². The molecule has 0 heterocycles. The molecule has 0 aliphatic heterocycles. The minimum atomic E-state index is -0.442. The summed E-state index contributed by atoms with van der Waals surface area (Å²) in [6.07, 6.45) is 2.82. The largest absolute Gasteiger partial charge is 0.493 e. The maximum absolute atomic E-state index is 11.7. The highest BCUT2D eigenvalue weighted by atomic mass is 16.5. The summed E-state index contributed by atoms with van der Waals surface area (Å²) in [5.74, 6) is 0.680. The van der Waals surface area contributed by atoms with Gasteiger partial charge in [-0.1, -0.05) is 0 Å². The molecule has 0 aromatic heterocycles. The van der Waals surface area contributed by atoms with Crippen LogP contribution in [0.5, 0.6) is 11.5 Å². The quantitative estimate of drug-likeness (QED) is 0.841. The fourth-order valence-electron chi connectivity index (χ4n) is 2.40. The van der Waals surface area contributed by atoms with E-state index in [2.05, 4.69) is 0 Å². The number of hydrogen-bond donors (Lipinski definition) is 1. The van der Waals surface area contributed by atoms with Crippen LogP contribution in [0.3, 0.4) is 0 Å². The van der Waals surface area contributed by atoms with E-state index in [1.807, 2.05) is 0 Å². The Labute approximate surface area is 112 Å². The van der Waals surface area contributed by atoms with Crippen LogP contribution in [-0.2, 0) is 10.3 Å². The molecular formula is C14H19NO4. The average molecular weight is 265 g/mol. The van der Waals surface area contributed by atoms with Crippen LogP contribution in [0.4, 0.5) is 0 Å². The smallest absolute Gasteiger partial charge is 0.337 e. The maximum atomic E-state index is 11.7. The predicted octanol–water partition coefficient (Wildman–Crippen LogP) is 1.83. The second-order valence-corrected chi connectivity index (χ2v) is 4.76. The predicted molar refractivity (Wildman–Crippen MR) is 70.6 cm³/mol. The standard InChI is InChI=1S/C14H19NO4/c1-17-11-8-9(13(16)19-3)7-10(12(11)18-2)14(15)5-4-6-14/h7-8H,4-6,15H2,1-3H3. The highest BCUT2D eigenvalue weighted by Crippen LogP contribution is 2.46. The van der Waals surface area contributed by atoms with E-state index in [-0.39, 0.29) is 0 Å². The molecule has 0 bridgehead atoms. The summed E-state index contributed by atoms with van der Waals surface area (Å²) in [5.41, 5.74) is 7.13. The van der Waals surface area contributed by atoms with Crippen LogP contribution in [0.15, 0.2) is 12.1 Å². The molecule has 2 rings (SSSR count). The van der Waals surface area contributed by atoms with Crippen molar-refractivity contribution in [1.82, 2.24) is 0 Å². The fourth-order valence-corrected chi connectivity index (χ4v) is 2.40. The number of carbonyl (C=O) groups excluding carboxylic acids is 1. The number of carbonyl (C=O) groups is 1. The number of benzene rings is 1. The van der Waals surface area contributed by atoms with Crippen molar-refractivity contribution in [3.05, 3.63) is 23.3 Å². The van der Waals surface area contributed by atoms with Crippen LogP contribution in [0.25, 0.3) is 0 Å². The van der Waals surface area contributed by atoms with Gasteiger partial charge in [0.2, 0.25) is 0 Å². The van der Waals surface area contributed by atoms with E-state index in [0.717, 1.165) is 24.8 Å². The third kappa shape index (κ3) is 2.26. The zero-order chi connectivity index (χ0) is 14.0. The number of hydrogen-bond acceptors (Lipinski definition) is 5. The highest BCUT2D eigenvalue weighted by molar-refractivity contribution is 5.90. The zero-order valence-corrected chi connectivity index (χ0v) is 11.5. The monoisotopic (exact) mass is 265 g/mol. The summed E-state index contributed by atoms with van der Waals surface area (Å²) in [6, 6.07) is 3.35. The Balaban J connectivity index is 2.57. The molecule has 1 fully saturated rings. The SMILES string of the molecule is COC(=O)c1cc(OC)c(OC)c(C2(N)CCC2)c1. The average Bonchev–Trinajstić information content (AvgIpc) is 2.42. The molecule has 5 heteroatoms. The first-order valence-electron chi connectivity index (χ1n) is 6.19. The van der Waals surface area contributed by atoms with E-state index in [4.69, 9.17) is 19.9 Å². The van der Waals surface area contributed by atoms with E-state index >= 15 is 0 Å². The summed E-state index contributed by atoms with van der Waals surface area (Å²) in [5, 5.41) is 0. The van der Waals surface area contributed by atoms with E-state index in [9.17, 15) is 4.79 Å². The Kier molecular flexibility index (Phi) is 3.66. The van der Waals surface area contributed by atoms with Gasteiger partial charge in [-0.2, -0.15) is 0 Å². The molecule has 104 valence electrons. The Bertz CT molecular complexity index is 494. The van der Waals surface area contributed by atoms with Crippen LogP contribution >= 0.6 is 0 Å². The van der Waals surface area contributed by atoms with Gasteiger partial charge < -0.3 is 19.9 Å². The van der Waals surface area contributed by atoms with Crippen molar-refractivity contribution in [3.8, 4) is 11.5 Å². The van der Waals surface area contributed by atoms with E-state index in [1.54, 1.807) is 19.2 Å². The summed E-state index contributed by atoms with van der Waals surface area (Å²) in [6.45, 7) is 0. The van der Waals surface area contributed by atoms with Crippen molar-refractivity contribution in [2.45, 2.75) is 24.8 Å². The molecule has 0 radical (unpaired) electrons. The van der Waals surface area contributed by atoms with Crippen molar-refractivity contribution in [2.75, 3.05) is 21.3 Å². The second-order valence-electron chi connectivity index (χ2n) is 4.76. The first-order valence-corrected chi connectivity index (χ1v) is 6.19. The zero-order valence-electron chi connectivity index (χ0n) is 11.5. The van der Waals surface area contributed by atoms with Crippen molar-refractivity contribution < 1.29 is 19.0 Å². The van der Waals surface area contributed by atoms with Gasteiger partial charge in [-0.05, 0) is 31.4 Å². The normalized spacial score (nSPS) is 16.4. The summed E-state index contributed by atoms with van der Waals surface area (Å²) >= 11 is 0. The minimum absolute atomic E-state index is 0.412. The van der Waals surface area contributed by atoms with Gasteiger partial charge in [-0.3, -0.25) is 0 Å². The lowest BCUT2D eigenvalue weighted by molar-refractivity contribution is 0.0600.